The lowest BCUT2D eigenvalue weighted by Crippen LogP contribution is -2.43. The molecule has 2 aromatic rings. The quantitative estimate of drug-likeness (QED) is 0.910. The first kappa shape index (κ1) is 15.1. The molecular formula is C16H17BrN2O3. The fraction of sp³-hybridized carbons (Fsp3) is 0.375. The topological polar surface area (TPSA) is 62.5 Å². The van der Waals surface area contributed by atoms with E-state index < -0.39 is 11.9 Å². The van der Waals surface area contributed by atoms with Gasteiger partial charge in [0.25, 0.3) is 0 Å². The highest BCUT2D eigenvalue weighted by atomic mass is 79.9. The number of carbonyl (C=O) groups is 2. The Morgan fingerprint density at radius 3 is 2.91 bits per heavy atom. The zero-order valence-corrected chi connectivity index (χ0v) is 13.6. The van der Waals surface area contributed by atoms with Crippen LogP contribution in [0.15, 0.2) is 34.9 Å². The normalized spacial score (nSPS) is 18.6. The summed E-state index contributed by atoms with van der Waals surface area (Å²) in [6.07, 6.45) is 3.30. The molecule has 0 aliphatic carbocycles. The summed E-state index contributed by atoms with van der Waals surface area (Å²) in [6, 6.07) is 7.93. The number of hydrogen-bond donors (Lipinski definition) is 1. The van der Waals surface area contributed by atoms with Crippen LogP contribution in [0.3, 0.4) is 0 Å². The molecule has 116 valence electrons. The van der Waals surface area contributed by atoms with Gasteiger partial charge in [0.05, 0.1) is 5.92 Å². The third-order valence-corrected chi connectivity index (χ3v) is 4.66. The van der Waals surface area contributed by atoms with E-state index >= 15 is 0 Å². The Morgan fingerprint density at radius 2 is 2.14 bits per heavy atom. The van der Waals surface area contributed by atoms with Crippen molar-refractivity contribution in [1.82, 2.24) is 9.47 Å². The maximum absolute atomic E-state index is 12.5. The van der Waals surface area contributed by atoms with E-state index in [0.717, 1.165) is 21.8 Å². The van der Waals surface area contributed by atoms with Gasteiger partial charge in [0.15, 0.2) is 0 Å². The number of piperidine rings is 1. The van der Waals surface area contributed by atoms with Gasteiger partial charge in [0.2, 0.25) is 5.91 Å². The van der Waals surface area contributed by atoms with E-state index in [1.54, 1.807) is 4.90 Å². The van der Waals surface area contributed by atoms with Gasteiger partial charge >= 0.3 is 5.97 Å². The highest BCUT2D eigenvalue weighted by Crippen LogP contribution is 2.22. The van der Waals surface area contributed by atoms with Crippen LogP contribution in [0.4, 0.5) is 0 Å². The summed E-state index contributed by atoms with van der Waals surface area (Å²) >= 11 is 3.44. The number of rotatable bonds is 3. The zero-order valence-electron chi connectivity index (χ0n) is 12.0. The van der Waals surface area contributed by atoms with Gasteiger partial charge in [-0.25, -0.2) is 0 Å². The average molecular weight is 365 g/mol. The van der Waals surface area contributed by atoms with Crippen LogP contribution in [0.1, 0.15) is 12.8 Å². The van der Waals surface area contributed by atoms with Crippen molar-refractivity contribution in [3.05, 3.63) is 34.9 Å². The fourth-order valence-corrected chi connectivity index (χ4v) is 3.29. The van der Waals surface area contributed by atoms with Crippen LogP contribution in [0.5, 0.6) is 0 Å². The number of benzene rings is 1. The SMILES string of the molecule is O=C(O)C1CCCN(C(=O)Cn2ccc3ccc(Br)cc32)C1. The van der Waals surface area contributed by atoms with Gasteiger partial charge in [-0.05, 0) is 36.4 Å². The van der Waals surface area contributed by atoms with Gasteiger partial charge in [-0.1, -0.05) is 22.0 Å². The van der Waals surface area contributed by atoms with E-state index in [4.69, 9.17) is 5.11 Å². The minimum absolute atomic E-state index is 0.0246. The molecule has 1 N–H and O–H groups in total. The first-order valence-electron chi connectivity index (χ1n) is 7.29. The number of nitrogens with zero attached hydrogens (tertiary/aromatic N) is 2. The van der Waals surface area contributed by atoms with Crippen LogP contribution >= 0.6 is 15.9 Å². The highest BCUT2D eigenvalue weighted by molar-refractivity contribution is 9.10. The number of carbonyl (C=O) groups excluding carboxylic acids is 1. The molecule has 1 aromatic carbocycles. The lowest BCUT2D eigenvalue weighted by molar-refractivity contribution is -0.145. The largest absolute Gasteiger partial charge is 0.481 e. The van der Waals surface area contributed by atoms with Crippen molar-refractivity contribution in [2.45, 2.75) is 19.4 Å². The van der Waals surface area contributed by atoms with Gasteiger partial charge < -0.3 is 14.6 Å². The smallest absolute Gasteiger partial charge is 0.308 e. The number of amides is 1. The molecule has 1 saturated heterocycles. The molecule has 0 radical (unpaired) electrons. The second-order valence-corrected chi connectivity index (χ2v) is 6.58. The third-order valence-electron chi connectivity index (χ3n) is 4.16. The number of halogens is 1. The standard InChI is InChI=1S/C16H17BrN2O3/c17-13-4-3-11-5-7-18(14(11)8-13)10-15(20)19-6-1-2-12(9-19)16(21)22/h3-5,7-8,12H,1-2,6,9-10H2,(H,21,22). The number of carboxylic acids is 1. The molecule has 5 nitrogen and oxygen atoms in total. The number of hydrogen-bond acceptors (Lipinski definition) is 2. The first-order valence-corrected chi connectivity index (χ1v) is 8.09. The number of aliphatic carboxylic acids is 1. The maximum atomic E-state index is 12.5. The van der Waals surface area contributed by atoms with Crippen molar-refractivity contribution in [3.63, 3.8) is 0 Å². The Kier molecular flexibility index (Phi) is 4.20. The summed E-state index contributed by atoms with van der Waals surface area (Å²) in [4.78, 5) is 25.2. The summed E-state index contributed by atoms with van der Waals surface area (Å²) < 4.78 is 2.88. The van der Waals surface area contributed by atoms with Crippen molar-refractivity contribution in [2.24, 2.45) is 5.92 Å². The predicted molar refractivity (Wildman–Crippen MR) is 86.6 cm³/mol. The Bertz CT molecular complexity index is 725. The molecule has 1 aliphatic rings. The Morgan fingerprint density at radius 1 is 1.32 bits per heavy atom. The second kappa shape index (κ2) is 6.12. The van der Waals surface area contributed by atoms with Crippen LogP contribution in [0.2, 0.25) is 0 Å². The van der Waals surface area contributed by atoms with Gasteiger partial charge in [0, 0.05) is 29.3 Å². The van der Waals surface area contributed by atoms with E-state index in [0.29, 0.717) is 19.5 Å². The molecule has 1 aliphatic heterocycles. The number of likely N-dealkylation sites (tertiary alicyclic amines) is 1. The highest BCUT2D eigenvalue weighted by Gasteiger charge is 2.28. The molecule has 2 heterocycles. The van der Waals surface area contributed by atoms with Gasteiger partial charge in [0.1, 0.15) is 6.54 Å². The molecule has 3 rings (SSSR count). The average Bonchev–Trinajstić information content (AvgIpc) is 2.89. The fourth-order valence-electron chi connectivity index (χ4n) is 2.95. The molecule has 1 fully saturated rings. The van der Waals surface area contributed by atoms with Crippen molar-refractivity contribution < 1.29 is 14.7 Å². The summed E-state index contributed by atoms with van der Waals surface area (Å²) in [5.41, 5.74) is 0.995. The predicted octanol–water partition coefficient (Wildman–Crippen LogP) is 2.73. The molecule has 1 amide bonds. The summed E-state index contributed by atoms with van der Waals surface area (Å²) in [5, 5.41) is 10.2. The lowest BCUT2D eigenvalue weighted by Gasteiger charge is -2.30. The van der Waals surface area contributed by atoms with Crippen molar-refractivity contribution in [1.29, 1.82) is 0 Å². The minimum Gasteiger partial charge on any atom is -0.481 e. The molecule has 0 bridgehead atoms. The lowest BCUT2D eigenvalue weighted by atomic mass is 9.98. The third kappa shape index (κ3) is 3.02. The van der Waals surface area contributed by atoms with Gasteiger partial charge in [-0.2, -0.15) is 0 Å². The Balaban J connectivity index is 1.75. The summed E-state index contributed by atoms with van der Waals surface area (Å²) in [7, 11) is 0. The maximum Gasteiger partial charge on any atom is 0.308 e. The van der Waals surface area contributed by atoms with Crippen LogP contribution in [-0.4, -0.2) is 39.5 Å². The van der Waals surface area contributed by atoms with Crippen LogP contribution < -0.4 is 0 Å². The monoisotopic (exact) mass is 364 g/mol. The van der Waals surface area contributed by atoms with E-state index in [1.165, 1.54) is 0 Å². The molecule has 6 heteroatoms. The van der Waals surface area contributed by atoms with Gasteiger partial charge in [-0.15, -0.1) is 0 Å². The van der Waals surface area contributed by atoms with Crippen LogP contribution in [-0.2, 0) is 16.1 Å². The van der Waals surface area contributed by atoms with Crippen molar-refractivity contribution >= 4 is 38.7 Å². The molecule has 0 saturated carbocycles. The number of carboxylic acid groups (broad SMARTS) is 1. The van der Waals surface area contributed by atoms with Crippen molar-refractivity contribution in [2.75, 3.05) is 13.1 Å². The molecule has 1 aromatic heterocycles. The van der Waals surface area contributed by atoms with E-state index in [-0.39, 0.29) is 12.5 Å². The number of aromatic nitrogens is 1. The van der Waals surface area contributed by atoms with Crippen LogP contribution in [0, 0.1) is 5.92 Å². The molecule has 0 spiro atoms. The molecule has 22 heavy (non-hydrogen) atoms. The summed E-state index contributed by atoms with van der Waals surface area (Å²) in [5.74, 6) is -1.27. The summed E-state index contributed by atoms with van der Waals surface area (Å²) in [6.45, 7) is 1.20. The minimum atomic E-state index is -0.812. The van der Waals surface area contributed by atoms with Crippen molar-refractivity contribution in [3.8, 4) is 0 Å². The number of fused-ring (bicyclic) bond motifs is 1. The van der Waals surface area contributed by atoms with Gasteiger partial charge in [-0.3, -0.25) is 9.59 Å². The zero-order chi connectivity index (χ0) is 15.7. The molecule has 1 unspecified atom stereocenters. The van der Waals surface area contributed by atoms with E-state index in [1.807, 2.05) is 35.0 Å². The second-order valence-electron chi connectivity index (χ2n) is 5.66. The van der Waals surface area contributed by atoms with E-state index in [9.17, 15) is 9.59 Å². The van der Waals surface area contributed by atoms with Crippen LogP contribution in [0.25, 0.3) is 10.9 Å². The molecular weight excluding hydrogens is 348 g/mol. The first-order chi connectivity index (χ1) is 10.5. The Hall–Kier alpha value is -1.82. The Labute approximate surface area is 136 Å². The van der Waals surface area contributed by atoms with E-state index in [2.05, 4.69) is 15.9 Å². The molecule has 1 atom stereocenters.